The van der Waals surface area contributed by atoms with Crippen LogP contribution in [0.15, 0.2) is 36.4 Å². The van der Waals surface area contributed by atoms with Gasteiger partial charge in [0.1, 0.15) is 5.75 Å². The van der Waals surface area contributed by atoms with E-state index in [0.29, 0.717) is 0 Å². The molecular weight excluding hydrogens is 250 g/mol. The highest BCUT2D eigenvalue weighted by atomic mass is 16.5. The number of hydrogen-bond donors (Lipinski definition) is 1. The van der Waals surface area contributed by atoms with Crippen LogP contribution in [0.4, 0.5) is 0 Å². The van der Waals surface area contributed by atoms with Gasteiger partial charge in [-0.1, -0.05) is 30.3 Å². The molecule has 0 saturated carbocycles. The fourth-order valence-corrected chi connectivity index (χ4v) is 2.90. The number of fused-ring (bicyclic) bond motifs is 1. The predicted molar refractivity (Wildman–Crippen MR) is 81.3 cm³/mol. The second kappa shape index (κ2) is 5.08. The molecule has 0 spiro atoms. The molecule has 1 saturated heterocycles. The van der Waals surface area contributed by atoms with Gasteiger partial charge in [0.15, 0.2) is 0 Å². The molecule has 0 bridgehead atoms. The van der Waals surface area contributed by atoms with Crippen molar-refractivity contribution in [2.24, 2.45) is 0 Å². The Hall–Kier alpha value is -1.58. The van der Waals surface area contributed by atoms with Crippen molar-refractivity contribution in [3.63, 3.8) is 0 Å². The Balaban J connectivity index is 2.08. The lowest BCUT2D eigenvalue weighted by Gasteiger charge is -2.37. The van der Waals surface area contributed by atoms with Crippen LogP contribution in [0.25, 0.3) is 10.8 Å². The Morgan fingerprint density at radius 2 is 1.90 bits per heavy atom. The van der Waals surface area contributed by atoms with Crippen molar-refractivity contribution < 1.29 is 9.47 Å². The summed E-state index contributed by atoms with van der Waals surface area (Å²) >= 11 is 0. The maximum Gasteiger partial charge on any atom is 0.126 e. The number of ether oxygens (including phenoxy) is 2. The van der Waals surface area contributed by atoms with E-state index in [1.165, 1.54) is 10.9 Å². The second-order valence-electron chi connectivity index (χ2n) is 5.90. The van der Waals surface area contributed by atoms with E-state index in [1.807, 2.05) is 12.1 Å². The largest absolute Gasteiger partial charge is 0.496 e. The highest BCUT2D eigenvalue weighted by Gasteiger charge is 2.30. The molecule has 1 heterocycles. The lowest BCUT2D eigenvalue weighted by Crippen LogP contribution is -2.46. The molecule has 20 heavy (non-hydrogen) atoms. The normalized spacial score (nSPS) is 21.9. The molecule has 2 aromatic rings. The summed E-state index contributed by atoms with van der Waals surface area (Å²) in [4.78, 5) is 0. The summed E-state index contributed by atoms with van der Waals surface area (Å²) in [6, 6.07) is 12.5. The Labute approximate surface area is 119 Å². The van der Waals surface area contributed by atoms with E-state index in [0.717, 1.165) is 24.2 Å². The first-order valence-electron chi connectivity index (χ1n) is 7.05. The van der Waals surface area contributed by atoms with Gasteiger partial charge in [0, 0.05) is 18.5 Å². The molecule has 0 amide bonds. The summed E-state index contributed by atoms with van der Waals surface area (Å²) in [7, 11) is 1.71. The minimum Gasteiger partial charge on any atom is -0.496 e. The molecule has 1 atom stereocenters. The molecule has 3 rings (SSSR count). The Morgan fingerprint density at radius 1 is 1.15 bits per heavy atom. The molecule has 1 aliphatic rings. The van der Waals surface area contributed by atoms with Crippen LogP contribution in [0.3, 0.4) is 0 Å². The van der Waals surface area contributed by atoms with Gasteiger partial charge < -0.3 is 14.8 Å². The molecule has 3 heteroatoms. The highest BCUT2D eigenvalue weighted by molar-refractivity contribution is 5.91. The maximum absolute atomic E-state index is 6.24. The smallest absolute Gasteiger partial charge is 0.126 e. The third-order valence-electron chi connectivity index (χ3n) is 3.83. The van der Waals surface area contributed by atoms with Crippen LogP contribution in [0, 0.1) is 0 Å². The Morgan fingerprint density at radius 3 is 2.60 bits per heavy atom. The summed E-state index contributed by atoms with van der Waals surface area (Å²) in [6.07, 6.45) is 0.0783. The van der Waals surface area contributed by atoms with Crippen molar-refractivity contribution in [2.45, 2.75) is 25.6 Å². The van der Waals surface area contributed by atoms with Crippen LogP contribution < -0.4 is 10.1 Å². The van der Waals surface area contributed by atoms with Gasteiger partial charge in [-0.3, -0.25) is 0 Å². The summed E-state index contributed by atoms with van der Waals surface area (Å²) < 4.78 is 11.7. The first kappa shape index (κ1) is 13.4. The molecular formula is C17H21NO2. The Bertz CT molecular complexity index is 621. The number of hydrogen-bond acceptors (Lipinski definition) is 3. The SMILES string of the molecule is COc1ccc(C2CNCC(C)(C)O2)c2ccccc12. The van der Waals surface area contributed by atoms with Gasteiger partial charge in [-0.2, -0.15) is 0 Å². The van der Waals surface area contributed by atoms with Crippen LogP contribution in [-0.4, -0.2) is 25.8 Å². The first-order chi connectivity index (χ1) is 9.61. The van der Waals surface area contributed by atoms with E-state index >= 15 is 0 Å². The fraction of sp³-hybridized carbons (Fsp3) is 0.412. The quantitative estimate of drug-likeness (QED) is 0.909. The second-order valence-corrected chi connectivity index (χ2v) is 5.90. The maximum atomic E-state index is 6.24. The fourth-order valence-electron chi connectivity index (χ4n) is 2.90. The average molecular weight is 271 g/mol. The molecule has 0 aromatic heterocycles. The summed E-state index contributed by atoms with van der Waals surface area (Å²) in [5, 5.41) is 5.80. The number of nitrogens with one attached hydrogen (secondary N) is 1. The van der Waals surface area contributed by atoms with Crippen LogP contribution in [-0.2, 0) is 4.74 Å². The molecule has 106 valence electrons. The van der Waals surface area contributed by atoms with Crippen molar-refractivity contribution in [1.29, 1.82) is 0 Å². The first-order valence-corrected chi connectivity index (χ1v) is 7.05. The zero-order valence-electron chi connectivity index (χ0n) is 12.3. The number of morpholine rings is 1. The standard InChI is InChI=1S/C17H21NO2/c1-17(2)11-18-10-16(20-17)14-8-9-15(19-3)13-7-5-4-6-12(13)14/h4-9,16,18H,10-11H2,1-3H3. The summed E-state index contributed by atoms with van der Waals surface area (Å²) in [5.41, 5.74) is 1.09. The van der Waals surface area contributed by atoms with Gasteiger partial charge in [0.25, 0.3) is 0 Å². The molecule has 0 radical (unpaired) electrons. The average Bonchev–Trinajstić information content (AvgIpc) is 2.45. The van der Waals surface area contributed by atoms with Crippen molar-refractivity contribution >= 4 is 10.8 Å². The summed E-state index contributed by atoms with van der Waals surface area (Å²) in [6.45, 7) is 5.98. The van der Waals surface area contributed by atoms with Crippen LogP contribution in [0.5, 0.6) is 5.75 Å². The lowest BCUT2D eigenvalue weighted by molar-refractivity contribution is -0.0952. The number of methoxy groups -OCH3 is 1. The van der Waals surface area contributed by atoms with Gasteiger partial charge >= 0.3 is 0 Å². The minimum atomic E-state index is -0.135. The van der Waals surface area contributed by atoms with Gasteiger partial charge in [0.2, 0.25) is 0 Å². The summed E-state index contributed by atoms with van der Waals surface area (Å²) in [5.74, 6) is 0.910. The van der Waals surface area contributed by atoms with E-state index in [9.17, 15) is 0 Å². The van der Waals surface area contributed by atoms with E-state index in [1.54, 1.807) is 7.11 Å². The zero-order valence-corrected chi connectivity index (χ0v) is 12.3. The highest BCUT2D eigenvalue weighted by Crippen LogP contribution is 2.35. The van der Waals surface area contributed by atoms with Gasteiger partial charge in [0.05, 0.1) is 18.8 Å². The van der Waals surface area contributed by atoms with Crippen molar-refractivity contribution in [2.75, 3.05) is 20.2 Å². The molecule has 1 fully saturated rings. The molecule has 1 aliphatic heterocycles. The minimum absolute atomic E-state index is 0.0783. The van der Waals surface area contributed by atoms with E-state index in [4.69, 9.17) is 9.47 Å². The number of rotatable bonds is 2. The lowest BCUT2D eigenvalue weighted by atomic mass is 9.97. The monoisotopic (exact) mass is 271 g/mol. The van der Waals surface area contributed by atoms with Gasteiger partial charge in [-0.05, 0) is 30.9 Å². The van der Waals surface area contributed by atoms with Crippen LogP contribution >= 0.6 is 0 Å². The molecule has 2 aromatic carbocycles. The topological polar surface area (TPSA) is 30.5 Å². The third-order valence-corrected chi connectivity index (χ3v) is 3.83. The molecule has 3 nitrogen and oxygen atoms in total. The third kappa shape index (κ3) is 2.39. The van der Waals surface area contributed by atoms with Crippen molar-refractivity contribution in [3.8, 4) is 5.75 Å². The van der Waals surface area contributed by atoms with E-state index < -0.39 is 0 Å². The van der Waals surface area contributed by atoms with Crippen LogP contribution in [0.1, 0.15) is 25.5 Å². The zero-order chi connectivity index (χ0) is 14.2. The number of benzene rings is 2. The van der Waals surface area contributed by atoms with E-state index in [-0.39, 0.29) is 11.7 Å². The molecule has 0 aliphatic carbocycles. The van der Waals surface area contributed by atoms with Crippen LogP contribution in [0.2, 0.25) is 0 Å². The molecule has 1 unspecified atom stereocenters. The predicted octanol–water partition coefficient (Wildman–Crippen LogP) is 3.29. The molecule has 1 N–H and O–H groups in total. The van der Waals surface area contributed by atoms with Crippen molar-refractivity contribution in [1.82, 2.24) is 5.32 Å². The van der Waals surface area contributed by atoms with Gasteiger partial charge in [-0.25, -0.2) is 0 Å². The van der Waals surface area contributed by atoms with E-state index in [2.05, 4.69) is 43.4 Å². The Kier molecular flexibility index (Phi) is 3.40. The van der Waals surface area contributed by atoms with Crippen molar-refractivity contribution in [3.05, 3.63) is 42.0 Å². The van der Waals surface area contributed by atoms with Gasteiger partial charge in [-0.15, -0.1) is 0 Å².